The van der Waals surface area contributed by atoms with E-state index in [1.165, 1.54) is 7.11 Å². The molecule has 2 heterocycles. The molecule has 0 aromatic heterocycles. The summed E-state index contributed by atoms with van der Waals surface area (Å²) in [6.45, 7) is 1.26. The van der Waals surface area contributed by atoms with E-state index in [1.54, 1.807) is 12.1 Å². The highest BCUT2D eigenvalue weighted by molar-refractivity contribution is 5.89. The zero-order valence-electron chi connectivity index (χ0n) is 12.1. The molecule has 1 aromatic carbocycles. The minimum absolute atomic E-state index is 0.139. The first-order chi connectivity index (χ1) is 10.6. The van der Waals surface area contributed by atoms with Crippen LogP contribution in [-0.4, -0.2) is 54.0 Å². The Labute approximate surface area is 127 Å². The largest absolute Gasteiger partial charge is 0.465 e. The van der Waals surface area contributed by atoms with Crippen molar-refractivity contribution in [2.75, 3.05) is 20.2 Å². The lowest BCUT2D eigenvalue weighted by molar-refractivity contribution is -0.118. The number of nitrogens with two attached hydrogens (primary N) is 1. The molecule has 0 saturated carbocycles. The molecule has 2 N–H and O–H groups in total. The van der Waals surface area contributed by atoms with Crippen LogP contribution in [0, 0.1) is 11.3 Å². The maximum Gasteiger partial charge on any atom is 0.337 e. The van der Waals surface area contributed by atoms with Crippen LogP contribution in [0.25, 0.3) is 0 Å². The van der Waals surface area contributed by atoms with Crippen molar-refractivity contribution in [3.05, 3.63) is 35.4 Å². The van der Waals surface area contributed by atoms with E-state index in [-0.39, 0.29) is 24.2 Å². The Bertz CT molecular complexity index is 652. The SMILES string of the molecule is COC(=O)c1ccc(C(N2CC2C#N)N2CC2C(N)=O)cc1. The number of esters is 1. The van der Waals surface area contributed by atoms with E-state index in [2.05, 4.69) is 10.8 Å². The first kappa shape index (κ1) is 14.5. The molecule has 1 aromatic rings. The van der Waals surface area contributed by atoms with Gasteiger partial charge in [0.05, 0.1) is 24.9 Å². The summed E-state index contributed by atoms with van der Waals surface area (Å²) in [7, 11) is 1.33. The summed E-state index contributed by atoms with van der Waals surface area (Å²) >= 11 is 0. The molecule has 114 valence electrons. The fourth-order valence-corrected chi connectivity index (χ4v) is 2.70. The van der Waals surface area contributed by atoms with Gasteiger partial charge in [0.2, 0.25) is 5.91 Å². The summed E-state index contributed by atoms with van der Waals surface area (Å²) < 4.78 is 4.68. The smallest absolute Gasteiger partial charge is 0.337 e. The third-order valence-electron chi connectivity index (χ3n) is 4.04. The number of ether oxygens (including phenoxy) is 1. The number of hydrogen-bond acceptors (Lipinski definition) is 6. The fourth-order valence-electron chi connectivity index (χ4n) is 2.70. The van der Waals surface area contributed by atoms with Crippen LogP contribution in [0.2, 0.25) is 0 Å². The minimum atomic E-state index is -0.397. The summed E-state index contributed by atoms with van der Waals surface area (Å²) in [5, 5.41) is 9.04. The Morgan fingerprint density at radius 3 is 2.45 bits per heavy atom. The number of benzene rings is 1. The van der Waals surface area contributed by atoms with Crippen molar-refractivity contribution < 1.29 is 14.3 Å². The molecular weight excluding hydrogens is 284 g/mol. The lowest BCUT2D eigenvalue weighted by Gasteiger charge is -2.21. The second-order valence-electron chi connectivity index (χ2n) is 5.44. The molecule has 2 saturated heterocycles. The molecule has 1 amide bonds. The lowest BCUT2D eigenvalue weighted by Crippen LogP contribution is -2.27. The first-order valence-corrected chi connectivity index (χ1v) is 6.95. The van der Waals surface area contributed by atoms with E-state index >= 15 is 0 Å². The third kappa shape index (κ3) is 2.54. The predicted octanol–water partition coefficient (Wildman–Crippen LogP) is -0.151. The van der Waals surface area contributed by atoms with Crippen LogP contribution in [0.3, 0.4) is 0 Å². The van der Waals surface area contributed by atoms with E-state index in [0.717, 1.165) is 5.56 Å². The standard InChI is InChI=1S/C15H16N4O3/c1-22-15(21)10-4-2-9(3-5-10)14(18-7-11(18)6-16)19-8-12(19)13(17)20/h2-5,11-12,14H,7-8H2,1H3,(H2,17,20). The Morgan fingerprint density at radius 1 is 1.32 bits per heavy atom. The number of nitrogens with zero attached hydrogens (tertiary/aromatic N) is 3. The lowest BCUT2D eigenvalue weighted by atomic mass is 10.1. The highest BCUT2D eigenvalue weighted by atomic mass is 16.5. The molecule has 5 unspecified atom stereocenters. The van der Waals surface area contributed by atoms with Gasteiger partial charge in [-0.15, -0.1) is 0 Å². The number of carbonyl (C=O) groups is 2. The van der Waals surface area contributed by atoms with Gasteiger partial charge in [-0.3, -0.25) is 14.6 Å². The van der Waals surface area contributed by atoms with E-state index in [9.17, 15) is 9.59 Å². The van der Waals surface area contributed by atoms with E-state index < -0.39 is 5.97 Å². The zero-order chi connectivity index (χ0) is 15.9. The normalized spacial score (nSPS) is 30.0. The molecule has 7 nitrogen and oxygen atoms in total. The highest BCUT2D eigenvalue weighted by Gasteiger charge is 2.52. The Hall–Kier alpha value is -2.43. The van der Waals surface area contributed by atoms with Crippen molar-refractivity contribution in [1.29, 1.82) is 5.26 Å². The number of rotatable bonds is 5. The summed E-state index contributed by atoms with van der Waals surface area (Å²) in [5.41, 5.74) is 6.74. The van der Waals surface area contributed by atoms with Crippen molar-refractivity contribution in [3.8, 4) is 6.07 Å². The highest BCUT2D eigenvalue weighted by Crippen LogP contribution is 2.40. The van der Waals surface area contributed by atoms with Gasteiger partial charge in [0, 0.05) is 13.1 Å². The van der Waals surface area contributed by atoms with Gasteiger partial charge in [0.1, 0.15) is 12.1 Å². The van der Waals surface area contributed by atoms with Crippen molar-refractivity contribution in [3.63, 3.8) is 0 Å². The molecule has 2 fully saturated rings. The molecule has 5 atom stereocenters. The third-order valence-corrected chi connectivity index (χ3v) is 4.04. The van der Waals surface area contributed by atoms with Crippen molar-refractivity contribution in [1.82, 2.24) is 9.80 Å². The van der Waals surface area contributed by atoms with Crippen LogP contribution in [-0.2, 0) is 9.53 Å². The van der Waals surface area contributed by atoms with Gasteiger partial charge in [0.25, 0.3) is 0 Å². The molecule has 22 heavy (non-hydrogen) atoms. The molecule has 0 bridgehead atoms. The fraction of sp³-hybridized carbons (Fsp3) is 0.400. The molecular formula is C15H16N4O3. The van der Waals surface area contributed by atoms with Gasteiger partial charge in [0.15, 0.2) is 0 Å². The van der Waals surface area contributed by atoms with Crippen molar-refractivity contribution in [2.24, 2.45) is 5.73 Å². The predicted molar refractivity (Wildman–Crippen MR) is 76.3 cm³/mol. The van der Waals surface area contributed by atoms with Crippen LogP contribution >= 0.6 is 0 Å². The summed E-state index contributed by atoms with van der Waals surface area (Å²) in [6.07, 6.45) is -0.158. The van der Waals surface area contributed by atoms with Gasteiger partial charge in [-0.1, -0.05) is 12.1 Å². The van der Waals surface area contributed by atoms with Crippen molar-refractivity contribution >= 4 is 11.9 Å². The van der Waals surface area contributed by atoms with Crippen LogP contribution in [0.1, 0.15) is 22.1 Å². The number of amides is 1. The number of methoxy groups -OCH3 is 1. The number of primary amides is 1. The average Bonchev–Trinajstić information content (AvgIpc) is 3.42. The molecule has 2 aliphatic heterocycles. The van der Waals surface area contributed by atoms with E-state index in [0.29, 0.717) is 18.7 Å². The van der Waals surface area contributed by atoms with Crippen LogP contribution in [0.4, 0.5) is 0 Å². The zero-order valence-corrected chi connectivity index (χ0v) is 12.1. The van der Waals surface area contributed by atoms with Gasteiger partial charge in [-0.05, 0) is 17.7 Å². The Balaban J connectivity index is 1.82. The van der Waals surface area contributed by atoms with Gasteiger partial charge in [-0.25, -0.2) is 4.79 Å². The first-order valence-electron chi connectivity index (χ1n) is 6.95. The number of nitriles is 1. The molecule has 0 radical (unpaired) electrons. The summed E-state index contributed by atoms with van der Waals surface area (Å²) in [4.78, 5) is 26.7. The molecule has 7 heteroatoms. The Morgan fingerprint density at radius 2 is 2.00 bits per heavy atom. The molecule has 0 aliphatic carbocycles. The maximum absolute atomic E-state index is 11.5. The average molecular weight is 300 g/mol. The quantitative estimate of drug-likeness (QED) is 0.599. The van der Waals surface area contributed by atoms with Gasteiger partial charge < -0.3 is 10.5 Å². The Kier molecular flexibility index (Phi) is 3.56. The van der Waals surface area contributed by atoms with Crippen LogP contribution in [0.5, 0.6) is 0 Å². The van der Waals surface area contributed by atoms with Gasteiger partial charge >= 0.3 is 5.97 Å². The van der Waals surface area contributed by atoms with Crippen LogP contribution < -0.4 is 5.73 Å². The summed E-state index contributed by atoms with van der Waals surface area (Å²) in [5.74, 6) is -0.752. The monoisotopic (exact) mass is 300 g/mol. The second-order valence-corrected chi connectivity index (χ2v) is 5.44. The second kappa shape index (κ2) is 5.40. The van der Waals surface area contributed by atoms with Crippen LogP contribution in [0.15, 0.2) is 24.3 Å². The van der Waals surface area contributed by atoms with E-state index in [4.69, 9.17) is 11.0 Å². The summed E-state index contributed by atoms with van der Waals surface area (Å²) in [6, 6.07) is 8.79. The molecule has 3 rings (SSSR count). The van der Waals surface area contributed by atoms with Gasteiger partial charge in [-0.2, -0.15) is 5.26 Å². The number of carbonyl (C=O) groups excluding carboxylic acids is 2. The molecule has 2 aliphatic rings. The van der Waals surface area contributed by atoms with Crippen molar-refractivity contribution in [2.45, 2.75) is 18.2 Å². The maximum atomic E-state index is 11.5. The topological polar surface area (TPSA) is 99.2 Å². The van der Waals surface area contributed by atoms with E-state index in [1.807, 2.05) is 21.9 Å². The minimum Gasteiger partial charge on any atom is -0.465 e. The molecule has 0 spiro atoms. The number of hydrogen-bond donors (Lipinski definition) is 1.